The van der Waals surface area contributed by atoms with E-state index in [1.165, 1.54) is 39.2 Å². The van der Waals surface area contributed by atoms with Gasteiger partial charge in [-0.05, 0) is 37.1 Å². The van der Waals surface area contributed by atoms with Crippen LogP contribution in [0.15, 0.2) is 36.7 Å². The summed E-state index contributed by atoms with van der Waals surface area (Å²) in [6, 6.07) is 9.49. The molecule has 6 nitrogen and oxygen atoms in total. The molecule has 2 aromatic rings. The minimum absolute atomic E-state index is 0.345. The van der Waals surface area contributed by atoms with Gasteiger partial charge in [-0.25, -0.2) is 14.8 Å². The van der Waals surface area contributed by atoms with Crippen molar-refractivity contribution >= 4 is 23.3 Å². The monoisotopic (exact) mass is 326 g/mol. The first kappa shape index (κ1) is 16.2. The molecule has 0 amide bonds. The topological polar surface area (TPSA) is 76.1 Å². The molecule has 1 aliphatic carbocycles. The number of carbonyl (C=O) groups excluding carboxylic acids is 1. The Kier molecular flexibility index (Phi) is 5.25. The largest absolute Gasteiger partial charge is 0.465 e. The first-order chi connectivity index (χ1) is 11.7. The van der Waals surface area contributed by atoms with Gasteiger partial charge in [0.1, 0.15) is 18.0 Å². The van der Waals surface area contributed by atoms with Gasteiger partial charge in [-0.1, -0.05) is 19.3 Å². The Bertz CT molecular complexity index is 682. The summed E-state index contributed by atoms with van der Waals surface area (Å²) in [5.41, 5.74) is 1.37. The molecule has 24 heavy (non-hydrogen) atoms. The predicted octanol–water partition coefficient (Wildman–Crippen LogP) is 3.75. The highest BCUT2D eigenvalue weighted by atomic mass is 16.5. The number of carbonyl (C=O) groups is 1. The summed E-state index contributed by atoms with van der Waals surface area (Å²) < 4.78 is 4.69. The van der Waals surface area contributed by atoms with E-state index >= 15 is 0 Å². The van der Waals surface area contributed by atoms with Crippen molar-refractivity contribution in [3.05, 3.63) is 42.2 Å². The third-order valence-corrected chi connectivity index (χ3v) is 4.20. The van der Waals surface area contributed by atoms with E-state index in [-0.39, 0.29) is 5.97 Å². The molecule has 1 aliphatic rings. The van der Waals surface area contributed by atoms with Gasteiger partial charge in [-0.15, -0.1) is 0 Å². The van der Waals surface area contributed by atoms with E-state index in [9.17, 15) is 4.79 Å². The molecule has 0 radical (unpaired) electrons. The Morgan fingerprint density at radius 2 is 1.79 bits per heavy atom. The molecule has 0 unspecified atom stereocenters. The molecule has 0 saturated heterocycles. The molecule has 126 valence electrons. The molecule has 1 saturated carbocycles. The number of hydrogen-bond acceptors (Lipinski definition) is 6. The van der Waals surface area contributed by atoms with Crippen molar-refractivity contribution < 1.29 is 9.53 Å². The Morgan fingerprint density at radius 1 is 1.08 bits per heavy atom. The first-order valence-corrected chi connectivity index (χ1v) is 8.28. The van der Waals surface area contributed by atoms with Crippen LogP contribution in [0.5, 0.6) is 0 Å². The molecule has 2 N–H and O–H groups in total. The fraction of sp³-hybridized carbons (Fsp3) is 0.389. The third kappa shape index (κ3) is 4.22. The molecule has 1 aromatic carbocycles. The zero-order valence-corrected chi connectivity index (χ0v) is 13.8. The standard InChI is InChI=1S/C18H22N4O2/c1-24-18(23)13-7-9-15(10-8-13)22-17-11-16(19-12-20-17)21-14-5-3-2-4-6-14/h7-12,14H,2-6H2,1H3,(H2,19,20,21,22). The SMILES string of the molecule is COC(=O)c1ccc(Nc2cc(NC3CCCCC3)ncn2)cc1. The summed E-state index contributed by atoms with van der Waals surface area (Å²) in [5.74, 6) is 1.21. The summed E-state index contributed by atoms with van der Waals surface area (Å²) in [5, 5.41) is 6.71. The highest BCUT2D eigenvalue weighted by molar-refractivity contribution is 5.89. The Balaban J connectivity index is 1.64. The van der Waals surface area contributed by atoms with Gasteiger partial charge in [0, 0.05) is 17.8 Å². The van der Waals surface area contributed by atoms with E-state index in [4.69, 9.17) is 4.74 Å². The lowest BCUT2D eigenvalue weighted by molar-refractivity contribution is 0.0601. The fourth-order valence-corrected chi connectivity index (χ4v) is 2.92. The lowest BCUT2D eigenvalue weighted by Crippen LogP contribution is -2.22. The molecule has 0 aliphatic heterocycles. The number of ether oxygens (including phenoxy) is 1. The van der Waals surface area contributed by atoms with Gasteiger partial charge < -0.3 is 15.4 Å². The van der Waals surface area contributed by atoms with Crippen molar-refractivity contribution in [2.45, 2.75) is 38.1 Å². The smallest absolute Gasteiger partial charge is 0.337 e. The summed E-state index contributed by atoms with van der Waals surface area (Å²) in [4.78, 5) is 20.0. The van der Waals surface area contributed by atoms with Crippen molar-refractivity contribution in [1.29, 1.82) is 0 Å². The average molecular weight is 326 g/mol. The second-order valence-electron chi connectivity index (χ2n) is 5.96. The van der Waals surface area contributed by atoms with Crippen molar-refractivity contribution in [3.8, 4) is 0 Å². The maximum absolute atomic E-state index is 11.4. The van der Waals surface area contributed by atoms with Crippen LogP contribution in [-0.4, -0.2) is 29.1 Å². The van der Waals surface area contributed by atoms with Crippen LogP contribution in [-0.2, 0) is 4.74 Å². The molecular formula is C18H22N4O2. The molecular weight excluding hydrogens is 304 g/mol. The molecule has 1 aromatic heterocycles. The number of nitrogens with one attached hydrogen (secondary N) is 2. The molecule has 1 heterocycles. The predicted molar refractivity (Wildman–Crippen MR) is 93.6 cm³/mol. The van der Waals surface area contributed by atoms with Gasteiger partial charge in [-0.2, -0.15) is 0 Å². The van der Waals surface area contributed by atoms with E-state index in [0.717, 1.165) is 11.5 Å². The molecule has 3 rings (SSSR count). The zero-order chi connectivity index (χ0) is 16.8. The number of aromatic nitrogens is 2. The number of esters is 1. The van der Waals surface area contributed by atoms with Crippen molar-refractivity contribution in [2.24, 2.45) is 0 Å². The summed E-state index contributed by atoms with van der Waals surface area (Å²) >= 11 is 0. The van der Waals surface area contributed by atoms with E-state index < -0.39 is 0 Å². The first-order valence-electron chi connectivity index (χ1n) is 8.28. The molecule has 0 spiro atoms. The van der Waals surface area contributed by atoms with Crippen LogP contribution in [0.1, 0.15) is 42.5 Å². The normalized spacial score (nSPS) is 14.9. The lowest BCUT2D eigenvalue weighted by atomic mass is 9.95. The highest BCUT2D eigenvalue weighted by Gasteiger charge is 2.13. The maximum Gasteiger partial charge on any atom is 0.337 e. The van der Waals surface area contributed by atoms with Crippen LogP contribution >= 0.6 is 0 Å². The summed E-state index contributed by atoms with van der Waals surface area (Å²) in [6.07, 6.45) is 7.83. The van der Waals surface area contributed by atoms with Gasteiger partial charge in [-0.3, -0.25) is 0 Å². The third-order valence-electron chi connectivity index (χ3n) is 4.20. The Morgan fingerprint density at radius 3 is 2.50 bits per heavy atom. The van der Waals surface area contributed by atoms with E-state index in [2.05, 4.69) is 20.6 Å². The molecule has 6 heteroatoms. The summed E-state index contributed by atoms with van der Waals surface area (Å²) in [6.45, 7) is 0. The van der Waals surface area contributed by atoms with Crippen LogP contribution in [0.25, 0.3) is 0 Å². The minimum atomic E-state index is -0.345. The zero-order valence-electron chi connectivity index (χ0n) is 13.8. The van der Waals surface area contributed by atoms with Crippen molar-refractivity contribution in [1.82, 2.24) is 9.97 Å². The Labute approximate surface area is 141 Å². The van der Waals surface area contributed by atoms with Crippen LogP contribution in [0.2, 0.25) is 0 Å². The van der Waals surface area contributed by atoms with Crippen LogP contribution in [0.4, 0.5) is 17.3 Å². The second kappa shape index (κ2) is 7.77. The van der Waals surface area contributed by atoms with Gasteiger partial charge in [0.05, 0.1) is 12.7 Å². The number of nitrogens with zero attached hydrogens (tertiary/aromatic N) is 2. The van der Waals surface area contributed by atoms with E-state index in [1.54, 1.807) is 18.5 Å². The van der Waals surface area contributed by atoms with Gasteiger partial charge in [0.2, 0.25) is 0 Å². The average Bonchev–Trinajstić information content (AvgIpc) is 2.63. The molecule has 1 fully saturated rings. The van der Waals surface area contributed by atoms with Crippen LogP contribution < -0.4 is 10.6 Å². The lowest BCUT2D eigenvalue weighted by Gasteiger charge is -2.23. The minimum Gasteiger partial charge on any atom is -0.465 e. The maximum atomic E-state index is 11.4. The van der Waals surface area contributed by atoms with Gasteiger partial charge in [0.15, 0.2) is 0 Å². The van der Waals surface area contributed by atoms with Crippen LogP contribution in [0.3, 0.4) is 0 Å². The number of hydrogen-bond donors (Lipinski definition) is 2. The van der Waals surface area contributed by atoms with E-state index in [1.807, 2.05) is 18.2 Å². The molecule has 0 bridgehead atoms. The van der Waals surface area contributed by atoms with Crippen molar-refractivity contribution in [3.63, 3.8) is 0 Å². The number of anilines is 3. The highest BCUT2D eigenvalue weighted by Crippen LogP contribution is 2.22. The van der Waals surface area contributed by atoms with E-state index in [0.29, 0.717) is 17.4 Å². The fourth-order valence-electron chi connectivity index (χ4n) is 2.92. The molecule has 0 atom stereocenters. The number of benzene rings is 1. The second-order valence-corrected chi connectivity index (χ2v) is 5.96. The summed E-state index contributed by atoms with van der Waals surface area (Å²) in [7, 11) is 1.37. The van der Waals surface area contributed by atoms with Crippen LogP contribution in [0, 0.1) is 0 Å². The number of methoxy groups -OCH3 is 1. The Hall–Kier alpha value is -2.63. The number of rotatable bonds is 5. The van der Waals surface area contributed by atoms with Crippen molar-refractivity contribution in [2.75, 3.05) is 17.7 Å². The van der Waals surface area contributed by atoms with Gasteiger partial charge >= 0.3 is 5.97 Å². The van der Waals surface area contributed by atoms with Gasteiger partial charge in [0.25, 0.3) is 0 Å². The quantitative estimate of drug-likeness (QED) is 0.815.